The molecule has 0 aliphatic rings. The Hall–Kier alpha value is -2.77. The van der Waals surface area contributed by atoms with Gasteiger partial charge in [0.1, 0.15) is 0 Å². The quantitative estimate of drug-likeness (QED) is 0.415. The van der Waals surface area contributed by atoms with Crippen molar-refractivity contribution in [1.29, 1.82) is 0 Å². The highest BCUT2D eigenvalue weighted by Crippen LogP contribution is 2.16. The van der Waals surface area contributed by atoms with E-state index >= 15 is 0 Å². The van der Waals surface area contributed by atoms with Crippen molar-refractivity contribution in [2.75, 3.05) is 11.9 Å². The van der Waals surface area contributed by atoms with Crippen molar-refractivity contribution in [1.82, 2.24) is 16.2 Å². The predicted octanol–water partition coefficient (Wildman–Crippen LogP) is 1.23. The van der Waals surface area contributed by atoms with E-state index in [2.05, 4.69) is 16.1 Å². The molecule has 120 valence electrons. The fourth-order valence-electron chi connectivity index (χ4n) is 1.63. The third-order valence-corrected chi connectivity index (χ3v) is 2.86. The molecule has 0 aliphatic heterocycles. The van der Waals surface area contributed by atoms with Gasteiger partial charge in [-0.15, -0.1) is 0 Å². The molecule has 1 rings (SSSR count). The minimum atomic E-state index is -0.867. The number of carbonyl (C=O) groups excluding carboxylic acids is 3. The van der Waals surface area contributed by atoms with Crippen molar-refractivity contribution in [3.63, 3.8) is 0 Å². The average molecular weight is 307 g/mol. The predicted molar refractivity (Wildman–Crippen MR) is 83.3 cm³/mol. The molecule has 0 saturated carbocycles. The van der Waals surface area contributed by atoms with Gasteiger partial charge in [0.15, 0.2) is 0 Å². The second kappa shape index (κ2) is 8.50. The van der Waals surface area contributed by atoms with Crippen molar-refractivity contribution in [2.45, 2.75) is 26.7 Å². The van der Waals surface area contributed by atoms with Gasteiger partial charge in [0.25, 0.3) is 5.91 Å². The highest BCUT2D eigenvalue weighted by atomic mass is 16.2. The summed E-state index contributed by atoms with van der Waals surface area (Å²) in [5.74, 6) is -0.534. The maximum atomic E-state index is 11.8. The minimum absolute atomic E-state index is 0.281. The molecular formula is C14H21N5O3. The molecule has 0 fully saturated rings. The van der Waals surface area contributed by atoms with Crippen molar-refractivity contribution in [3.05, 3.63) is 29.3 Å². The molecule has 0 atom stereocenters. The van der Waals surface area contributed by atoms with Gasteiger partial charge in [-0.05, 0) is 31.0 Å². The van der Waals surface area contributed by atoms with Gasteiger partial charge in [-0.2, -0.15) is 0 Å². The van der Waals surface area contributed by atoms with Crippen LogP contribution in [0, 0.1) is 6.92 Å². The number of primary amides is 1. The van der Waals surface area contributed by atoms with Gasteiger partial charge in [-0.3, -0.25) is 10.2 Å². The van der Waals surface area contributed by atoms with Crippen molar-refractivity contribution in [3.8, 4) is 0 Å². The summed E-state index contributed by atoms with van der Waals surface area (Å²) < 4.78 is 0. The number of benzene rings is 1. The smallest absolute Gasteiger partial charge is 0.330 e. The first-order valence-corrected chi connectivity index (χ1v) is 6.95. The molecule has 1 aromatic rings. The Bertz CT molecular complexity index is 559. The molecule has 0 aliphatic carbocycles. The van der Waals surface area contributed by atoms with Crippen LogP contribution in [0.1, 0.15) is 35.7 Å². The first kappa shape index (κ1) is 17.3. The largest absolute Gasteiger partial charge is 0.350 e. The van der Waals surface area contributed by atoms with Crippen LogP contribution in [-0.4, -0.2) is 24.5 Å². The Morgan fingerprint density at radius 1 is 1.18 bits per heavy atom. The van der Waals surface area contributed by atoms with Crippen LogP contribution in [0.5, 0.6) is 0 Å². The average Bonchev–Trinajstić information content (AvgIpc) is 2.47. The van der Waals surface area contributed by atoms with Crippen LogP contribution in [-0.2, 0) is 0 Å². The van der Waals surface area contributed by atoms with Gasteiger partial charge in [0.2, 0.25) is 0 Å². The number of hydrogen-bond donors (Lipinski definition) is 5. The van der Waals surface area contributed by atoms with Crippen LogP contribution >= 0.6 is 0 Å². The summed E-state index contributed by atoms with van der Waals surface area (Å²) in [6.07, 6.45) is 1.88. The molecule has 0 unspecified atom stereocenters. The summed E-state index contributed by atoms with van der Waals surface area (Å²) in [6.45, 7) is 4.43. The lowest BCUT2D eigenvalue weighted by Crippen LogP contribution is -2.44. The molecule has 22 heavy (non-hydrogen) atoms. The topological polar surface area (TPSA) is 125 Å². The van der Waals surface area contributed by atoms with Crippen molar-refractivity contribution in [2.24, 2.45) is 5.73 Å². The van der Waals surface area contributed by atoms with Crippen LogP contribution in [0.3, 0.4) is 0 Å². The first-order valence-electron chi connectivity index (χ1n) is 6.95. The van der Waals surface area contributed by atoms with Gasteiger partial charge in [-0.1, -0.05) is 19.4 Å². The lowest BCUT2D eigenvalue weighted by molar-refractivity contribution is 0.0937. The van der Waals surface area contributed by atoms with Gasteiger partial charge in [0.05, 0.1) is 0 Å². The third-order valence-electron chi connectivity index (χ3n) is 2.86. The van der Waals surface area contributed by atoms with Crippen LogP contribution in [0.2, 0.25) is 0 Å². The van der Waals surface area contributed by atoms with Crippen molar-refractivity contribution >= 4 is 23.7 Å². The lowest BCUT2D eigenvalue weighted by Gasteiger charge is -2.11. The van der Waals surface area contributed by atoms with E-state index in [0.717, 1.165) is 18.4 Å². The number of unbranched alkanes of at least 4 members (excludes halogenated alkanes) is 1. The summed E-state index contributed by atoms with van der Waals surface area (Å²) >= 11 is 0. The van der Waals surface area contributed by atoms with Gasteiger partial charge in [-0.25, -0.2) is 15.0 Å². The number of nitrogens with two attached hydrogens (primary N) is 1. The number of amides is 5. The Morgan fingerprint density at radius 3 is 2.55 bits per heavy atom. The number of urea groups is 2. The van der Waals surface area contributed by atoms with Crippen molar-refractivity contribution < 1.29 is 14.4 Å². The second-order valence-corrected chi connectivity index (χ2v) is 4.71. The Morgan fingerprint density at radius 2 is 1.91 bits per heavy atom. The van der Waals surface area contributed by atoms with E-state index in [9.17, 15) is 14.4 Å². The summed E-state index contributed by atoms with van der Waals surface area (Å²) in [5, 5.41) is 5.41. The van der Waals surface area contributed by atoms with Crippen LogP contribution < -0.4 is 27.2 Å². The Labute approximate surface area is 128 Å². The summed E-state index contributed by atoms with van der Waals surface area (Å²) in [7, 11) is 0. The Balaban J connectivity index is 2.71. The van der Waals surface area contributed by atoms with E-state index in [-0.39, 0.29) is 11.6 Å². The second-order valence-electron chi connectivity index (χ2n) is 4.71. The fraction of sp³-hybridized carbons (Fsp3) is 0.357. The molecule has 0 aromatic heterocycles. The highest BCUT2D eigenvalue weighted by molar-refractivity contribution is 5.98. The van der Waals surface area contributed by atoms with Gasteiger partial charge >= 0.3 is 12.1 Å². The zero-order chi connectivity index (χ0) is 16.5. The summed E-state index contributed by atoms with van der Waals surface area (Å²) in [4.78, 5) is 34.1. The van der Waals surface area contributed by atoms with Crippen LogP contribution in [0.25, 0.3) is 0 Å². The highest BCUT2D eigenvalue weighted by Gasteiger charge is 2.10. The fourth-order valence-corrected chi connectivity index (χ4v) is 1.63. The maximum absolute atomic E-state index is 11.8. The molecule has 0 saturated heterocycles. The maximum Gasteiger partial charge on any atom is 0.330 e. The number of hydrazine groups is 1. The van der Waals surface area contributed by atoms with E-state index in [4.69, 9.17) is 5.73 Å². The number of aryl methyl sites for hydroxylation is 1. The molecule has 6 N–H and O–H groups in total. The van der Waals surface area contributed by atoms with Crippen LogP contribution in [0.15, 0.2) is 18.2 Å². The minimum Gasteiger partial charge on any atom is -0.350 e. The number of rotatable bonds is 5. The third kappa shape index (κ3) is 5.70. The molecule has 1 aromatic carbocycles. The molecular weight excluding hydrogens is 286 g/mol. The zero-order valence-electron chi connectivity index (χ0n) is 12.7. The molecule has 0 spiro atoms. The SMILES string of the molecule is CCCCNC(=O)Nc1cc(C(=O)NNC(N)=O)ccc1C. The molecule has 8 nitrogen and oxygen atoms in total. The van der Waals surface area contributed by atoms with E-state index in [1.165, 1.54) is 6.07 Å². The monoisotopic (exact) mass is 307 g/mol. The normalized spacial score (nSPS) is 9.73. The van der Waals surface area contributed by atoms with E-state index in [1.807, 2.05) is 19.3 Å². The summed E-state index contributed by atoms with van der Waals surface area (Å²) in [5.41, 5.74) is 10.6. The van der Waals surface area contributed by atoms with E-state index < -0.39 is 11.9 Å². The van der Waals surface area contributed by atoms with E-state index in [1.54, 1.807) is 12.1 Å². The van der Waals surface area contributed by atoms with E-state index in [0.29, 0.717) is 12.2 Å². The molecule has 0 heterocycles. The molecule has 5 amide bonds. The van der Waals surface area contributed by atoms with Gasteiger partial charge < -0.3 is 16.4 Å². The molecule has 8 heteroatoms. The Kier molecular flexibility index (Phi) is 6.68. The zero-order valence-corrected chi connectivity index (χ0v) is 12.7. The number of hydrogen-bond acceptors (Lipinski definition) is 3. The first-order chi connectivity index (χ1) is 10.4. The summed E-state index contributed by atoms with van der Waals surface area (Å²) in [6, 6.07) is 3.60. The number of anilines is 1. The number of carbonyl (C=O) groups is 3. The van der Waals surface area contributed by atoms with Gasteiger partial charge in [0, 0.05) is 17.8 Å². The van der Waals surface area contributed by atoms with Crippen LogP contribution in [0.4, 0.5) is 15.3 Å². The molecule has 0 bridgehead atoms. The lowest BCUT2D eigenvalue weighted by atomic mass is 10.1. The number of nitrogens with one attached hydrogen (secondary N) is 4. The molecule has 0 radical (unpaired) electrons. The standard InChI is InChI=1S/C14H21N5O3/c1-3-4-7-16-14(22)17-11-8-10(6-5-9(11)2)12(20)18-19-13(15)21/h5-6,8H,3-4,7H2,1-2H3,(H,18,20)(H3,15,19,21)(H2,16,17,22).